The number of carboxylic acid groups (broad SMARTS) is 1. The van der Waals surface area contributed by atoms with E-state index in [0.29, 0.717) is 22.6 Å². The number of aliphatic hydroxyl groups is 1. The van der Waals surface area contributed by atoms with Crippen LogP contribution in [-0.4, -0.2) is 42.1 Å². The van der Waals surface area contributed by atoms with Crippen LogP contribution in [0.3, 0.4) is 0 Å². The smallest absolute Gasteiger partial charge is 0.307 e. The number of carboxylic acids is 1. The number of aliphatic carboxylic acids is 1. The molecule has 0 saturated carbocycles. The Kier molecular flexibility index (Phi) is 6.73. The molecule has 1 fully saturated rings. The number of halogens is 1. The number of methoxy groups -OCH3 is 2. The van der Waals surface area contributed by atoms with E-state index in [9.17, 15) is 23.9 Å². The second-order valence-corrected chi connectivity index (χ2v) is 8.02. The number of hydrogen-bond acceptors (Lipinski definition) is 6. The highest BCUT2D eigenvalue weighted by atomic mass is 19.1. The van der Waals surface area contributed by atoms with Crippen molar-refractivity contribution in [1.29, 1.82) is 0 Å². The predicted octanol–water partition coefficient (Wildman–Crippen LogP) is 4.10. The lowest BCUT2D eigenvalue weighted by molar-refractivity contribution is -0.136. The van der Waals surface area contributed by atoms with Gasteiger partial charge in [0.2, 0.25) is 0 Å². The summed E-state index contributed by atoms with van der Waals surface area (Å²) in [5.74, 6) is -3.22. The van der Waals surface area contributed by atoms with E-state index < -0.39 is 35.3 Å². The quantitative estimate of drug-likeness (QED) is 0.291. The van der Waals surface area contributed by atoms with Crippen molar-refractivity contribution in [3.63, 3.8) is 0 Å². The summed E-state index contributed by atoms with van der Waals surface area (Å²) in [6.07, 6.45) is -0.212. The molecule has 184 valence electrons. The third kappa shape index (κ3) is 4.50. The number of carbonyl (C=O) groups is 3. The zero-order chi connectivity index (χ0) is 26.0. The number of Topliss-reactive ketones (excluding diaryl/α,β-unsaturated/α-hetero) is 1. The van der Waals surface area contributed by atoms with Gasteiger partial charge in [0.15, 0.2) is 0 Å². The van der Waals surface area contributed by atoms with Crippen LogP contribution in [0.4, 0.5) is 10.1 Å². The average Bonchev–Trinajstić information content (AvgIpc) is 3.14. The lowest BCUT2D eigenvalue weighted by Gasteiger charge is -2.25. The molecule has 3 aromatic carbocycles. The molecule has 1 unspecified atom stereocenters. The van der Waals surface area contributed by atoms with Gasteiger partial charge < -0.3 is 19.7 Å². The maximum atomic E-state index is 13.7. The predicted molar refractivity (Wildman–Crippen MR) is 129 cm³/mol. The van der Waals surface area contributed by atoms with E-state index in [4.69, 9.17) is 14.6 Å². The van der Waals surface area contributed by atoms with Crippen molar-refractivity contribution in [2.45, 2.75) is 12.5 Å². The van der Waals surface area contributed by atoms with E-state index in [2.05, 4.69) is 0 Å². The van der Waals surface area contributed by atoms with Gasteiger partial charge in [0.05, 0.1) is 37.8 Å². The second-order valence-electron chi connectivity index (χ2n) is 8.02. The van der Waals surface area contributed by atoms with Crippen molar-refractivity contribution >= 4 is 29.1 Å². The minimum absolute atomic E-state index is 0.138. The van der Waals surface area contributed by atoms with Crippen molar-refractivity contribution in [1.82, 2.24) is 0 Å². The molecular formula is C27H22FNO7. The van der Waals surface area contributed by atoms with Gasteiger partial charge in [-0.2, -0.15) is 0 Å². The Bertz CT molecular complexity index is 1360. The summed E-state index contributed by atoms with van der Waals surface area (Å²) in [5.41, 5.74) is 1.11. The molecule has 0 radical (unpaired) electrons. The summed E-state index contributed by atoms with van der Waals surface area (Å²) in [6, 6.07) is 14.9. The maximum absolute atomic E-state index is 13.7. The van der Waals surface area contributed by atoms with Gasteiger partial charge in [-0.05, 0) is 53.6 Å². The Morgan fingerprint density at radius 3 is 2.19 bits per heavy atom. The van der Waals surface area contributed by atoms with Crippen molar-refractivity contribution in [3.05, 3.63) is 94.8 Å². The number of hydrogen-bond donors (Lipinski definition) is 2. The Balaban J connectivity index is 1.92. The summed E-state index contributed by atoms with van der Waals surface area (Å²) in [5, 5.41) is 20.4. The van der Waals surface area contributed by atoms with Crippen molar-refractivity contribution in [2.24, 2.45) is 0 Å². The number of nitrogens with zero attached hydrogens (tertiary/aromatic N) is 1. The fourth-order valence-corrected chi connectivity index (χ4v) is 4.15. The van der Waals surface area contributed by atoms with Gasteiger partial charge in [0, 0.05) is 5.69 Å². The van der Waals surface area contributed by atoms with Gasteiger partial charge in [-0.1, -0.05) is 24.3 Å². The molecule has 0 spiro atoms. The van der Waals surface area contributed by atoms with E-state index in [0.717, 1.165) is 0 Å². The van der Waals surface area contributed by atoms with Crippen LogP contribution in [0, 0.1) is 5.82 Å². The number of anilines is 1. The van der Waals surface area contributed by atoms with Gasteiger partial charge in [0.25, 0.3) is 11.7 Å². The van der Waals surface area contributed by atoms with Crippen LogP contribution in [0.1, 0.15) is 22.7 Å². The second kappa shape index (κ2) is 9.91. The fourth-order valence-electron chi connectivity index (χ4n) is 4.15. The molecule has 1 aliphatic rings. The molecule has 3 aromatic rings. The molecule has 1 aliphatic heterocycles. The first-order chi connectivity index (χ1) is 17.2. The summed E-state index contributed by atoms with van der Waals surface area (Å²) in [4.78, 5) is 38.8. The van der Waals surface area contributed by atoms with Gasteiger partial charge in [-0.15, -0.1) is 0 Å². The molecule has 1 saturated heterocycles. The average molecular weight is 491 g/mol. The van der Waals surface area contributed by atoms with Crippen LogP contribution in [0.15, 0.2) is 72.3 Å². The van der Waals surface area contributed by atoms with Crippen LogP contribution < -0.4 is 14.4 Å². The van der Waals surface area contributed by atoms with Gasteiger partial charge >= 0.3 is 5.97 Å². The highest BCUT2D eigenvalue weighted by molar-refractivity contribution is 6.51. The number of aliphatic hydroxyl groups excluding tert-OH is 1. The molecule has 1 atom stereocenters. The van der Waals surface area contributed by atoms with E-state index in [1.54, 1.807) is 12.1 Å². The molecule has 0 bridgehead atoms. The normalized spacial score (nSPS) is 16.8. The van der Waals surface area contributed by atoms with Crippen molar-refractivity contribution in [3.8, 4) is 11.5 Å². The molecule has 1 heterocycles. The number of rotatable bonds is 7. The fraction of sp³-hybridized carbons (Fsp3) is 0.148. The summed E-state index contributed by atoms with van der Waals surface area (Å²) >= 11 is 0. The van der Waals surface area contributed by atoms with E-state index in [1.807, 2.05) is 0 Å². The lowest BCUT2D eigenvalue weighted by Crippen LogP contribution is -2.29. The first-order valence-corrected chi connectivity index (χ1v) is 10.8. The minimum atomic E-state index is -1.09. The molecule has 1 amide bonds. The maximum Gasteiger partial charge on any atom is 0.307 e. The molecular weight excluding hydrogens is 469 g/mol. The molecule has 2 N–H and O–H groups in total. The molecule has 8 nitrogen and oxygen atoms in total. The highest BCUT2D eigenvalue weighted by Crippen LogP contribution is 2.43. The SMILES string of the molecule is COc1ccc(OC)c(/C(O)=C2\C(=O)C(=O)N(c3ccc(CC(=O)O)cc3)C2c2ccc(F)cc2)c1. The number of benzene rings is 3. The van der Waals surface area contributed by atoms with Crippen LogP contribution >= 0.6 is 0 Å². The van der Waals surface area contributed by atoms with Gasteiger partial charge in [0.1, 0.15) is 23.1 Å². The largest absolute Gasteiger partial charge is 0.507 e. The highest BCUT2D eigenvalue weighted by Gasteiger charge is 2.47. The van der Waals surface area contributed by atoms with E-state index in [1.165, 1.54) is 73.7 Å². The van der Waals surface area contributed by atoms with Crippen LogP contribution in [-0.2, 0) is 20.8 Å². The monoisotopic (exact) mass is 491 g/mol. The zero-order valence-electron chi connectivity index (χ0n) is 19.4. The Hall–Kier alpha value is -4.66. The topological polar surface area (TPSA) is 113 Å². The van der Waals surface area contributed by atoms with E-state index in [-0.39, 0.29) is 23.3 Å². The standard InChI is InChI=1S/C27H22FNO7/c1-35-19-11-12-21(36-2)20(14-19)25(32)23-24(16-5-7-17(28)8-6-16)29(27(34)26(23)33)18-9-3-15(4-10-18)13-22(30)31/h3-12,14,24,32H,13H2,1-2H3,(H,30,31)/b25-23+. The Morgan fingerprint density at radius 2 is 1.61 bits per heavy atom. The summed E-state index contributed by atoms with van der Waals surface area (Å²) < 4.78 is 24.3. The summed E-state index contributed by atoms with van der Waals surface area (Å²) in [7, 11) is 2.84. The third-order valence-corrected chi connectivity index (χ3v) is 5.86. The van der Waals surface area contributed by atoms with Crippen LogP contribution in [0.2, 0.25) is 0 Å². The Labute approximate surface area is 205 Å². The number of ketones is 1. The number of carbonyl (C=O) groups excluding carboxylic acids is 2. The van der Waals surface area contributed by atoms with Crippen molar-refractivity contribution < 1.29 is 38.5 Å². The number of amides is 1. The first-order valence-electron chi connectivity index (χ1n) is 10.8. The number of ether oxygens (including phenoxy) is 2. The molecule has 0 aromatic heterocycles. The summed E-state index contributed by atoms with van der Waals surface area (Å²) in [6.45, 7) is 0. The van der Waals surface area contributed by atoms with Gasteiger partial charge in [-0.25, -0.2) is 4.39 Å². The van der Waals surface area contributed by atoms with Gasteiger partial charge in [-0.3, -0.25) is 19.3 Å². The molecule has 0 aliphatic carbocycles. The van der Waals surface area contributed by atoms with Crippen LogP contribution in [0.25, 0.3) is 5.76 Å². The zero-order valence-corrected chi connectivity index (χ0v) is 19.4. The first kappa shape index (κ1) is 24.5. The molecule has 9 heteroatoms. The third-order valence-electron chi connectivity index (χ3n) is 5.86. The molecule has 4 rings (SSSR count). The van der Waals surface area contributed by atoms with Crippen LogP contribution in [0.5, 0.6) is 11.5 Å². The van der Waals surface area contributed by atoms with Crippen molar-refractivity contribution in [2.75, 3.05) is 19.1 Å². The molecule has 36 heavy (non-hydrogen) atoms. The lowest BCUT2D eigenvalue weighted by atomic mass is 9.94. The van der Waals surface area contributed by atoms with E-state index >= 15 is 0 Å². The minimum Gasteiger partial charge on any atom is -0.507 e. The Morgan fingerprint density at radius 1 is 0.944 bits per heavy atom.